The number of aliphatic imine (C=N–C) groups is 1. The van der Waals surface area contributed by atoms with Crippen LogP contribution in [-0.4, -0.2) is 12.0 Å². The molecule has 0 aromatic carbocycles. The lowest BCUT2D eigenvalue weighted by atomic mass is 10.3. The minimum Gasteiger partial charge on any atom is -0.472 e. The maximum absolute atomic E-state index is 10.6. The predicted octanol–water partition coefficient (Wildman–Crippen LogP) is 0.756. The van der Waals surface area contributed by atoms with E-state index >= 15 is 0 Å². The molecule has 0 spiro atoms. The van der Waals surface area contributed by atoms with Crippen molar-refractivity contribution >= 4 is 12.0 Å². The van der Waals surface area contributed by atoms with Gasteiger partial charge in [0.2, 0.25) is 6.08 Å². The van der Waals surface area contributed by atoms with Crippen molar-refractivity contribution in [1.82, 2.24) is 0 Å². The Labute approximate surface area is 56.2 Å². The van der Waals surface area contributed by atoms with Crippen LogP contribution in [0.25, 0.3) is 0 Å². The molecule has 4 heteroatoms. The molecular formula is C6H3NO3. The van der Waals surface area contributed by atoms with Crippen molar-refractivity contribution in [2.75, 3.05) is 0 Å². The first kappa shape index (κ1) is 6.45. The SMILES string of the molecule is O=C=NC(=O)c1ccoc1. The van der Waals surface area contributed by atoms with Gasteiger partial charge in [0, 0.05) is 0 Å². The maximum Gasteiger partial charge on any atom is 0.290 e. The van der Waals surface area contributed by atoms with Crippen molar-refractivity contribution in [3.8, 4) is 0 Å². The third-order valence-corrected chi connectivity index (χ3v) is 0.915. The summed E-state index contributed by atoms with van der Waals surface area (Å²) in [6.45, 7) is 0. The van der Waals surface area contributed by atoms with Gasteiger partial charge in [-0.25, -0.2) is 4.79 Å². The lowest BCUT2D eigenvalue weighted by Gasteiger charge is -1.78. The second kappa shape index (κ2) is 2.75. The van der Waals surface area contributed by atoms with Gasteiger partial charge in [0.15, 0.2) is 0 Å². The van der Waals surface area contributed by atoms with Gasteiger partial charge in [0.05, 0.1) is 11.8 Å². The predicted molar refractivity (Wildman–Crippen MR) is 31.2 cm³/mol. The molecule has 1 aromatic heterocycles. The Morgan fingerprint density at radius 3 is 3.00 bits per heavy atom. The molecule has 1 rings (SSSR count). The lowest BCUT2D eigenvalue weighted by molar-refractivity contribution is 0.100. The topological polar surface area (TPSA) is 59.6 Å². The second-order valence-corrected chi connectivity index (χ2v) is 1.52. The van der Waals surface area contributed by atoms with Gasteiger partial charge in [-0.1, -0.05) is 0 Å². The number of hydrogen-bond donors (Lipinski definition) is 0. The number of isocyanates is 1. The fourth-order valence-electron chi connectivity index (χ4n) is 0.492. The molecule has 0 saturated carbocycles. The Morgan fingerprint density at radius 2 is 2.50 bits per heavy atom. The van der Waals surface area contributed by atoms with Crippen molar-refractivity contribution in [3.05, 3.63) is 24.2 Å². The van der Waals surface area contributed by atoms with E-state index in [9.17, 15) is 9.59 Å². The van der Waals surface area contributed by atoms with E-state index in [0.29, 0.717) is 0 Å². The summed E-state index contributed by atoms with van der Waals surface area (Å²) in [5, 5.41) is 0. The molecule has 10 heavy (non-hydrogen) atoms. The van der Waals surface area contributed by atoms with Gasteiger partial charge in [0.1, 0.15) is 6.26 Å². The van der Waals surface area contributed by atoms with Gasteiger partial charge in [-0.3, -0.25) is 4.79 Å². The monoisotopic (exact) mass is 137 g/mol. The summed E-state index contributed by atoms with van der Waals surface area (Å²) in [7, 11) is 0. The molecule has 0 aliphatic heterocycles. The van der Waals surface area contributed by atoms with Crippen LogP contribution >= 0.6 is 0 Å². The van der Waals surface area contributed by atoms with E-state index < -0.39 is 5.91 Å². The molecule has 1 heterocycles. The summed E-state index contributed by atoms with van der Waals surface area (Å²) < 4.78 is 4.57. The standard InChI is InChI=1S/C6H3NO3/c8-4-7-6(9)5-1-2-10-3-5/h1-3H. The van der Waals surface area contributed by atoms with E-state index in [0.717, 1.165) is 6.08 Å². The fourth-order valence-corrected chi connectivity index (χ4v) is 0.492. The number of hydrogen-bond acceptors (Lipinski definition) is 3. The minimum atomic E-state index is -0.635. The summed E-state index contributed by atoms with van der Waals surface area (Å²) >= 11 is 0. The van der Waals surface area contributed by atoms with Crippen LogP contribution in [0, 0.1) is 0 Å². The number of furan rings is 1. The van der Waals surface area contributed by atoms with E-state index in [1.165, 1.54) is 18.6 Å². The Bertz CT molecular complexity index is 269. The van der Waals surface area contributed by atoms with Gasteiger partial charge in [0.25, 0.3) is 5.91 Å². The molecule has 0 saturated heterocycles. The van der Waals surface area contributed by atoms with Crippen molar-refractivity contribution in [2.45, 2.75) is 0 Å². The van der Waals surface area contributed by atoms with Crippen molar-refractivity contribution in [3.63, 3.8) is 0 Å². The number of amides is 1. The second-order valence-electron chi connectivity index (χ2n) is 1.52. The highest BCUT2D eigenvalue weighted by atomic mass is 16.3. The largest absolute Gasteiger partial charge is 0.472 e. The highest BCUT2D eigenvalue weighted by Gasteiger charge is 2.02. The van der Waals surface area contributed by atoms with E-state index in [1.54, 1.807) is 0 Å². The maximum atomic E-state index is 10.6. The van der Waals surface area contributed by atoms with Crippen LogP contribution in [0.5, 0.6) is 0 Å². The molecule has 1 aromatic rings. The molecular weight excluding hydrogens is 134 g/mol. The summed E-state index contributed by atoms with van der Waals surface area (Å²) in [6, 6.07) is 1.42. The Kier molecular flexibility index (Phi) is 1.78. The minimum absolute atomic E-state index is 0.253. The number of nitrogens with zero attached hydrogens (tertiary/aromatic N) is 1. The van der Waals surface area contributed by atoms with E-state index in [4.69, 9.17) is 0 Å². The molecule has 0 aliphatic rings. The van der Waals surface area contributed by atoms with Crippen molar-refractivity contribution in [2.24, 2.45) is 4.99 Å². The van der Waals surface area contributed by atoms with Gasteiger partial charge in [-0.05, 0) is 6.07 Å². The zero-order valence-electron chi connectivity index (χ0n) is 4.90. The fraction of sp³-hybridized carbons (Fsp3) is 0. The van der Waals surface area contributed by atoms with E-state index in [2.05, 4.69) is 9.41 Å². The average molecular weight is 137 g/mol. The summed E-state index contributed by atoms with van der Waals surface area (Å²) in [6.07, 6.45) is 3.68. The molecule has 4 nitrogen and oxygen atoms in total. The van der Waals surface area contributed by atoms with Gasteiger partial charge >= 0.3 is 0 Å². The Balaban J connectivity index is 2.87. The Hall–Kier alpha value is -1.67. The summed E-state index contributed by atoms with van der Waals surface area (Å²) in [5.41, 5.74) is 0.253. The first-order valence-electron chi connectivity index (χ1n) is 2.49. The first-order valence-corrected chi connectivity index (χ1v) is 2.49. The van der Waals surface area contributed by atoms with Gasteiger partial charge < -0.3 is 4.42 Å². The molecule has 0 radical (unpaired) electrons. The van der Waals surface area contributed by atoms with E-state index in [-0.39, 0.29) is 5.56 Å². The normalized spacial score (nSPS) is 8.40. The highest BCUT2D eigenvalue weighted by molar-refractivity contribution is 5.96. The molecule has 50 valence electrons. The zero-order valence-corrected chi connectivity index (χ0v) is 4.90. The van der Waals surface area contributed by atoms with Gasteiger partial charge in [-0.2, -0.15) is 0 Å². The quantitative estimate of drug-likeness (QED) is 0.424. The molecule has 0 fully saturated rings. The van der Waals surface area contributed by atoms with Crippen LogP contribution in [0.15, 0.2) is 28.0 Å². The van der Waals surface area contributed by atoms with E-state index in [1.807, 2.05) is 0 Å². The first-order chi connectivity index (χ1) is 4.84. The third kappa shape index (κ3) is 1.18. The van der Waals surface area contributed by atoms with Crippen LogP contribution in [-0.2, 0) is 4.79 Å². The van der Waals surface area contributed by atoms with Crippen LogP contribution in [0.4, 0.5) is 0 Å². The summed E-state index contributed by atoms with van der Waals surface area (Å²) in [5.74, 6) is -0.635. The van der Waals surface area contributed by atoms with Crippen molar-refractivity contribution in [1.29, 1.82) is 0 Å². The molecule has 0 aliphatic carbocycles. The van der Waals surface area contributed by atoms with Crippen LogP contribution in [0.1, 0.15) is 10.4 Å². The van der Waals surface area contributed by atoms with Crippen LogP contribution in [0.2, 0.25) is 0 Å². The molecule has 1 amide bonds. The third-order valence-electron chi connectivity index (χ3n) is 0.915. The molecule has 0 N–H and O–H groups in total. The smallest absolute Gasteiger partial charge is 0.290 e. The van der Waals surface area contributed by atoms with Crippen molar-refractivity contribution < 1.29 is 14.0 Å². The zero-order chi connectivity index (χ0) is 7.40. The Morgan fingerprint density at radius 1 is 1.70 bits per heavy atom. The van der Waals surface area contributed by atoms with Crippen LogP contribution < -0.4 is 0 Å². The van der Waals surface area contributed by atoms with Gasteiger partial charge in [-0.15, -0.1) is 4.99 Å². The molecule has 0 unspecified atom stereocenters. The summed E-state index contributed by atoms with van der Waals surface area (Å²) in [4.78, 5) is 23.0. The average Bonchev–Trinajstić information content (AvgIpc) is 2.38. The number of carbonyl (C=O) groups excluding carboxylic acids is 2. The van der Waals surface area contributed by atoms with Crippen LogP contribution in [0.3, 0.4) is 0 Å². The molecule has 0 atom stereocenters. The molecule has 0 bridgehead atoms. The number of carbonyl (C=O) groups is 1. The number of rotatable bonds is 1. The lowest BCUT2D eigenvalue weighted by Crippen LogP contribution is -1.89. The highest BCUT2D eigenvalue weighted by Crippen LogP contribution is 2.00.